The van der Waals surface area contributed by atoms with Gasteiger partial charge >= 0.3 is 0 Å². The molecule has 0 aliphatic heterocycles. The van der Waals surface area contributed by atoms with E-state index in [0.717, 1.165) is 22.9 Å². The molecule has 2 aromatic heterocycles. The number of ketones is 1. The molecule has 0 atom stereocenters. The Balaban J connectivity index is 1.51. The summed E-state index contributed by atoms with van der Waals surface area (Å²) in [4.78, 5) is 14.2. The highest BCUT2D eigenvalue weighted by Crippen LogP contribution is 2.27. The van der Waals surface area contributed by atoms with Gasteiger partial charge in [0.2, 0.25) is 0 Å². The number of aryl methyl sites for hydroxylation is 2. The summed E-state index contributed by atoms with van der Waals surface area (Å²) in [5.41, 5.74) is 1.13. The topological polar surface area (TPSA) is 34.9 Å². The minimum atomic E-state index is 0.153. The van der Waals surface area contributed by atoms with Crippen molar-refractivity contribution in [1.82, 2.24) is 9.78 Å². The van der Waals surface area contributed by atoms with Crippen LogP contribution in [-0.4, -0.2) is 15.6 Å². The van der Waals surface area contributed by atoms with Gasteiger partial charge in [0.1, 0.15) is 6.54 Å². The first kappa shape index (κ1) is 15.5. The first-order chi connectivity index (χ1) is 10.7. The SMILES string of the molecule is Cc1ccc(C(=O)Cn2ccc(CCC3CCCCC3)n2)s1. The molecule has 1 aliphatic rings. The van der Waals surface area contributed by atoms with Crippen molar-refractivity contribution in [2.24, 2.45) is 5.92 Å². The van der Waals surface area contributed by atoms with Gasteiger partial charge in [0.05, 0.1) is 10.6 Å². The summed E-state index contributed by atoms with van der Waals surface area (Å²) in [7, 11) is 0. The second kappa shape index (κ2) is 7.23. The Labute approximate surface area is 136 Å². The summed E-state index contributed by atoms with van der Waals surface area (Å²) in [6, 6.07) is 5.97. The van der Waals surface area contributed by atoms with Gasteiger partial charge in [-0.25, -0.2) is 0 Å². The van der Waals surface area contributed by atoms with Crippen molar-refractivity contribution < 1.29 is 4.79 Å². The van der Waals surface area contributed by atoms with Gasteiger partial charge in [0.15, 0.2) is 5.78 Å². The first-order valence-electron chi connectivity index (χ1n) is 8.32. The molecule has 22 heavy (non-hydrogen) atoms. The van der Waals surface area contributed by atoms with E-state index in [-0.39, 0.29) is 5.78 Å². The van der Waals surface area contributed by atoms with Gasteiger partial charge in [-0.2, -0.15) is 5.10 Å². The fourth-order valence-corrected chi connectivity index (χ4v) is 4.06. The fourth-order valence-electron chi connectivity index (χ4n) is 3.26. The third kappa shape index (κ3) is 4.07. The molecule has 1 saturated carbocycles. The molecule has 2 aromatic rings. The number of rotatable bonds is 6. The highest BCUT2D eigenvalue weighted by Gasteiger charge is 2.14. The van der Waals surface area contributed by atoms with E-state index in [2.05, 4.69) is 11.2 Å². The van der Waals surface area contributed by atoms with Gasteiger partial charge < -0.3 is 0 Å². The maximum atomic E-state index is 12.2. The van der Waals surface area contributed by atoms with Crippen LogP contribution in [0.5, 0.6) is 0 Å². The monoisotopic (exact) mass is 316 g/mol. The number of Topliss-reactive ketones (excluding diaryl/α,β-unsaturated/α-hetero) is 1. The van der Waals surface area contributed by atoms with Crippen molar-refractivity contribution in [3.05, 3.63) is 39.8 Å². The molecule has 3 rings (SSSR count). The van der Waals surface area contributed by atoms with Crippen molar-refractivity contribution in [3.63, 3.8) is 0 Å². The molecular formula is C18H24N2OS. The standard InChI is InChI=1S/C18H24N2OS/c1-14-7-10-18(22-14)17(21)13-20-12-11-16(19-20)9-8-15-5-3-2-4-6-15/h7,10-12,15H,2-6,8-9,13H2,1H3. The van der Waals surface area contributed by atoms with Crippen molar-refractivity contribution >= 4 is 17.1 Å². The van der Waals surface area contributed by atoms with Crippen LogP contribution in [0.1, 0.15) is 58.8 Å². The van der Waals surface area contributed by atoms with E-state index in [1.165, 1.54) is 43.4 Å². The fraction of sp³-hybridized carbons (Fsp3) is 0.556. The second-order valence-electron chi connectivity index (χ2n) is 6.38. The van der Waals surface area contributed by atoms with E-state index in [1.807, 2.05) is 25.3 Å². The normalized spacial score (nSPS) is 16.0. The first-order valence-corrected chi connectivity index (χ1v) is 9.14. The molecule has 0 N–H and O–H groups in total. The van der Waals surface area contributed by atoms with Crippen LogP contribution in [0, 0.1) is 12.8 Å². The van der Waals surface area contributed by atoms with Crippen LogP contribution in [0.2, 0.25) is 0 Å². The van der Waals surface area contributed by atoms with Crippen molar-refractivity contribution in [2.45, 2.75) is 58.4 Å². The lowest BCUT2D eigenvalue weighted by molar-refractivity contribution is 0.0971. The van der Waals surface area contributed by atoms with Gasteiger partial charge in [-0.15, -0.1) is 11.3 Å². The van der Waals surface area contributed by atoms with Crippen molar-refractivity contribution in [1.29, 1.82) is 0 Å². The summed E-state index contributed by atoms with van der Waals surface area (Å²) in [5, 5.41) is 4.57. The lowest BCUT2D eigenvalue weighted by atomic mass is 9.86. The summed E-state index contributed by atoms with van der Waals surface area (Å²) in [6.07, 6.45) is 11.2. The zero-order chi connectivity index (χ0) is 15.4. The third-order valence-corrected chi connectivity index (χ3v) is 5.59. The van der Waals surface area contributed by atoms with Crippen LogP contribution >= 0.6 is 11.3 Å². The maximum absolute atomic E-state index is 12.2. The summed E-state index contributed by atoms with van der Waals surface area (Å²) in [5.74, 6) is 1.04. The Morgan fingerprint density at radius 3 is 2.82 bits per heavy atom. The molecule has 0 radical (unpaired) electrons. The number of carbonyl (C=O) groups is 1. The van der Waals surface area contributed by atoms with E-state index >= 15 is 0 Å². The Bertz CT molecular complexity index is 623. The zero-order valence-electron chi connectivity index (χ0n) is 13.3. The van der Waals surface area contributed by atoms with Crippen LogP contribution in [0.15, 0.2) is 24.4 Å². The van der Waals surface area contributed by atoms with Crippen LogP contribution in [0.4, 0.5) is 0 Å². The highest BCUT2D eigenvalue weighted by atomic mass is 32.1. The lowest BCUT2D eigenvalue weighted by Crippen LogP contribution is -2.10. The van der Waals surface area contributed by atoms with Gasteiger partial charge in [0.25, 0.3) is 0 Å². The molecule has 118 valence electrons. The van der Waals surface area contributed by atoms with E-state index in [0.29, 0.717) is 6.54 Å². The molecule has 0 saturated heterocycles. The van der Waals surface area contributed by atoms with Crippen LogP contribution in [0.25, 0.3) is 0 Å². The molecule has 0 bridgehead atoms. The number of thiophene rings is 1. The van der Waals surface area contributed by atoms with E-state index < -0.39 is 0 Å². The predicted molar refractivity (Wildman–Crippen MR) is 90.5 cm³/mol. The zero-order valence-corrected chi connectivity index (χ0v) is 14.1. The van der Waals surface area contributed by atoms with Crippen LogP contribution in [0.3, 0.4) is 0 Å². The molecule has 4 heteroatoms. The molecule has 0 spiro atoms. The Hall–Kier alpha value is -1.42. The molecule has 0 aromatic carbocycles. The number of carbonyl (C=O) groups excluding carboxylic acids is 1. The number of hydrogen-bond donors (Lipinski definition) is 0. The van der Waals surface area contributed by atoms with E-state index in [1.54, 1.807) is 16.0 Å². The van der Waals surface area contributed by atoms with Gasteiger partial charge in [-0.3, -0.25) is 9.48 Å². The van der Waals surface area contributed by atoms with Gasteiger partial charge in [0, 0.05) is 11.1 Å². The van der Waals surface area contributed by atoms with Crippen LogP contribution < -0.4 is 0 Å². The maximum Gasteiger partial charge on any atom is 0.194 e. The smallest absolute Gasteiger partial charge is 0.194 e. The molecular weight excluding hydrogens is 292 g/mol. The third-order valence-electron chi connectivity index (χ3n) is 4.55. The molecule has 3 nitrogen and oxygen atoms in total. The Morgan fingerprint density at radius 1 is 1.27 bits per heavy atom. The number of aromatic nitrogens is 2. The minimum absolute atomic E-state index is 0.153. The summed E-state index contributed by atoms with van der Waals surface area (Å²) >= 11 is 1.56. The Kier molecular flexibility index (Phi) is 5.08. The molecule has 0 unspecified atom stereocenters. The average molecular weight is 316 g/mol. The van der Waals surface area contributed by atoms with E-state index in [9.17, 15) is 4.79 Å². The van der Waals surface area contributed by atoms with Gasteiger partial charge in [-0.05, 0) is 43.9 Å². The Morgan fingerprint density at radius 2 is 2.09 bits per heavy atom. The molecule has 2 heterocycles. The lowest BCUT2D eigenvalue weighted by Gasteiger charge is -2.20. The highest BCUT2D eigenvalue weighted by molar-refractivity contribution is 7.14. The quantitative estimate of drug-likeness (QED) is 0.727. The summed E-state index contributed by atoms with van der Waals surface area (Å²) in [6.45, 7) is 2.38. The average Bonchev–Trinajstić information content (AvgIpc) is 3.15. The van der Waals surface area contributed by atoms with Crippen molar-refractivity contribution in [2.75, 3.05) is 0 Å². The summed E-state index contributed by atoms with van der Waals surface area (Å²) < 4.78 is 1.79. The van der Waals surface area contributed by atoms with E-state index in [4.69, 9.17) is 0 Å². The molecule has 1 fully saturated rings. The number of hydrogen-bond acceptors (Lipinski definition) is 3. The van der Waals surface area contributed by atoms with Crippen LogP contribution in [-0.2, 0) is 13.0 Å². The van der Waals surface area contributed by atoms with Gasteiger partial charge in [-0.1, -0.05) is 32.1 Å². The minimum Gasteiger partial charge on any atom is -0.291 e. The largest absolute Gasteiger partial charge is 0.291 e. The number of nitrogens with zero attached hydrogens (tertiary/aromatic N) is 2. The second-order valence-corrected chi connectivity index (χ2v) is 7.67. The molecule has 0 amide bonds. The predicted octanol–water partition coefficient (Wildman–Crippen LogP) is 4.65. The van der Waals surface area contributed by atoms with Crippen molar-refractivity contribution in [3.8, 4) is 0 Å². The molecule has 1 aliphatic carbocycles.